The molecule has 0 saturated heterocycles. The van der Waals surface area contributed by atoms with Crippen molar-refractivity contribution in [3.8, 4) is 6.07 Å². The van der Waals surface area contributed by atoms with Crippen molar-refractivity contribution in [2.75, 3.05) is 0 Å². The minimum atomic E-state index is 0.268. The SMILES string of the molecule is Cc1cccc2c1ccn2CC1(CC#N)CC1. The summed E-state index contributed by atoms with van der Waals surface area (Å²) in [5, 5.41) is 10.2. The van der Waals surface area contributed by atoms with Gasteiger partial charge >= 0.3 is 0 Å². The lowest BCUT2D eigenvalue weighted by Crippen LogP contribution is -2.10. The Kier molecular flexibility index (Phi) is 2.22. The molecular weight excluding hydrogens is 208 g/mol. The number of fused-ring (bicyclic) bond motifs is 1. The van der Waals surface area contributed by atoms with Crippen LogP contribution in [0.1, 0.15) is 24.8 Å². The molecule has 2 aromatic rings. The summed E-state index contributed by atoms with van der Waals surface area (Å²) in [6.07, 6.45) is 5.26. The van der Waals surface area contributed by atoms with Crippen LogP contribution in [0.5, 0.6) is 0 Å². The Morgan fingerprint density at radius 1 is 1.35 bits per heavy atom. The van der Waals surface area contributed by atoms with Crippen LogP contribution in [0.2, 0.25) is 0 Å². The molecule has 0 aliphatic heterocycles. The van der Waals surface area contributed by atoms with Gasteiger partial charge in [-0.05, 0) is 37.5 Å². The van der Waals surface area contributed by atoms with Crippen molar-refractivity contribution in [3.63, 3.8) is 0 Å². The molecular formula is C15H16N2. The molecule has 86 valence electrons. The molecule has 2 nitrogen and oxygen atoms in total. The quantitative estimate of drug-likeness (QED) is 0.782. The molecule has 17 heavy (non-hydrogen) atoms. The largest absolute Gasteiger partial charge is 0.347 e. The zero-order valence-corrected chi connectivity index (χ0v) is 10.1. The number of nitriles is 1. The molecule has 1 aliphatic carbocycles. The summed E-state index contributed by atoms with van der Waals surface area (Å²) in [6, 6.07) is 10.9. The number of rotatable bonds is 3. The van der Waals surface area contributed by atoms with Gasteiger partial charge in [0.2, 0.25) is 0 Å². The van der Waals surface area contributed by atoms with E-state index in [-0.39, 0.29) is 5.41 Å². The smallest absolute Gasteiger partial charge is 0.0628 e. The second kappa shape index (κ2) is 3.63. The molecule has 0 bridgehead atoms. The van der Waals surface area contributed by atoms with Crippen LogP contribution in [-0.4, -0.2) is 4.57 Å². The average molecular weight is 224 g/mol. The number of hydrogen-bond donors (Lipinski definition) is 0. The maximum Gasteiger partial charge on any atom is 0.0628 e. The van der Waals surface area contributed by atoms with Crippen molar-refractivity contribution in [2.24, 2.45) is 5.41 Å². The van der Waals surface area contributed by atoms with Crippen LogP contribution in [0.15, 0.2) is 30.5 Å². The summed E-state index contributed by atoms with van der Waals surface area (Å²) in [7, 11) is 0. The van der Waals surface area contributed by atoms with Gasteiger partial charge in [-0.1, -0.05) is 12.1 Å². The van der Waals surface area contributed by atoms with E-state index in [4.69, 9.17) is 5.26 Å². The molecule has 1 aromatic heterocycles. The fourth-order valence-corrected chi connectivity index (χ4v) is 2.61. The molecule has 0 N–H and O–H groups in total. The third-order valence-corrected chi connectivity index (χ3v) is 3.95. The molecule has 1 fully saturated rings. The first-order valence-electron chi connectivity index (χ1n) is 6.16. The normalized spacial score (nSPS) is 16.9. The van der Waals surface area contributed by atoms with E-state index in [2.05, 4.69) is 48.0 Å². The summed E-state index contributed by atoms with van der Waals surface area (Å²) in [5.74, 6) is 0. The van der Waals surface area contributed by atoms with Gasteiger partial charge < -0.3 is 4.57 Å². The van der Waals surface area contributed by atoms with E-state index in [0.29, 0.717) is 6.42 Å². The topological polar surface area (TPSA) is 28.7 Å². The van der Waals surface area contributed by atoms with E-state index in [1.54, 1.807) is 0 Å². The summed E-state index contributed by atoms with van der Waals surface area (Å²) in [5.41, 5.74) is 2.89. The molecule has 1 saturated carbocycles. The van der Waals surface area contributed by atoms with Gasteiger partial charge in [0, 0.05) is 35.5 Å². The summed E-state index contributed by atoms with van der Waals surface area (Å²) >= 11 is 0. The van der Waals surface area contributed by atoms with Crippen LogP contribution in [-0.2, 0) is 6.54 Å². The Morgan fingerprint density at radius 2 is 2.18 bits per heavy atom. The van der Waals surface area contributed by atoms with Gasteiger partial charge in [-0.3, -0.25) is 0 Å². The minimum absolute atomic E-state index is 0.268. The second-order valence-electron chi connectivity index (χ2n) is 5.29. The number of aromatic nitrogens is 1. The molecule has 0 amide bonds. The van der Waals surface area contributed by atoms with Crippen molar-refractivity contribution >= 4 is 10.9 Å². The first-order chi connectivity index (χ1) is 8.24. The Balaban J connectivity index is 1.97. The lowest BCUT2D eigenvalue weighted by Gasteiger charge is -2.13. The lowest BCUT2D eigenvalue weighted by molar-refractivity contribution is 0.440. The zero-order chi connectivity index (χ0) is 11.9. The monoisotopic (exact) mass is 224 g/mol. The van der Waals surface area contributed by atoms with Gasteiger partial charge in [-0.15, -0.1) is 0 Å². The van der Waals surface area contributed by atoms with Crippen molar-refractivity contribution in [1.82, 2.24) is 4.57 Å². The molecule has 0 atom stereocenters. The third kappa shape index (κ3) is 1.72. The Morgan fingerprint density at radius 3 is 2.88 bits per heavy atom. The van der Waals surface area contributed by atoms with Gasteiger partial charge in [0.25, 0.3) is 0 Å². The van der Waals surface area contributed by atoms with Crippen LogP contribution in [0.3, 0.4) is 0 Å². The highest BCUT2D eigenvalue weighted by Crippen LogP contribution is 2.50. The molecule has 1 aromatic carbocycles. The van der Waals surface area contributed by atoms with Crippen LogP contribution >= 0.6 is 0 Å². The Bertz CT molecular complexity index is 597. The lowest BCUT2D eigenvalue weighted by atomic mass is 10.0. The maximum atomic E-state index is 8.87. The van der Waals surface area contributed by atoms with Crippen molar-refractivity contribution in [1.29, 1.82) is 5.26 Å². The Hall–Kier alpha value is -1.75. The van der Waals surface area contributed by atoms with Crippen LogP contribution < -0.4 is 0 Å². The van der Waals surface area contributed by atoms with Crippen molar-refractivity contribution < 1.29 is 0 Å². The zero-order valence-electron chi connectivity index (χ0n) is 10.1. The second-order valence-corrected chi connectivity index (χ2v) is 5.29. The standard InChI is InChI=1S/C15H16N2/c1-12-3-2-4-14-13(12)5-10-17(14)11-15(6-7-15)8-9-16/h2-5,10H,6-8,11H2,1H3. The predicted octanol–water partition coefficient (Wildman–Crippen LogP) is 3.64. The molecule has 0 unspecified atom stereocenters. The highest BCUT2D eigenvalue weighted by atomic mass is 15.0. The summed E-state index contributed by atoms with van der Waals surface area (Å²) in [6.45, 7) is 3.14. The van der Waals surface area contributed by atoms with E-state index < -0.39 is 0 Å². The molecule has 1 aliphatic rings. The van der Waals surface area contributed by atoms with Gasteiger partial charge in [0.15, 0.2) is 0 Å². The van der Waals surface area contributed by atoms with E-state index in [9.17, 15) is 0 Å². The van der Waals surface area contributed by atoms with Gasteiger partial charge in [0.05, 0.1) is 6.07 Å². The molecule has 0 spiro atoms. The number of hydrogen-bond acceptors (Lipinski definition) is 1. The van der Waals surface area contributed by atoms with Gasteiger partial charge in [-0.25, -0.2) is 0 Å². The summed E-state index contributed by atoms with van der Waals surface area (Å²) in [4.78, 5) is 0. The fourth-order valence-electron chi connectivity index (χ4n) is 2.61. The van der Waals surface area contributed by atoms with E-state index in [0.717, 1.165) is 6.54 Å². The minimum Gasteiger partial charge on any atom is -0.347 e. The van der Waals surface area contributed by atoms with E-state index in [1.807, 2.05) is 0 Å². The highest BCUT2D eigenvalue weighted by Gasteiger charge is 2.42. The fraction of sp³-hybridized carbons (Fsp3) is 0.400. The average Bonchev–Trinajstić information content (AvgIpc) is 2.93. The molecule has 3 rings (SSSR count). The summed E-state index contributed by atoms with van der Waals surface area (Å²) < 4.78 is 2.31. The maximum absolute atomic E-state index is 8.87. The number of aryl methyl sites for hydroxylation is 1. The first kappa shape index (κ1) is 10.4. The van der Waals surface area contributed by atoms with E-state index in [1.165, 1.54) is 29.3 Å². The third-order valence-electron chi connectivity index (χ3n) is 3.95. The molecule has 0 radical (unpaired) electrons. The Labute approximate surface area is 101 Å². The molecule has 2 heteroatoms. The first-order valence-corrected chi connectivity index (χ1v) is 6.16. The number of nitrogens with zero attached hydrogens (tertiary/aromatic N) is 2. The van der Waals surface area contributed by atoms with Gasteiger partial charge in [-0.2, -0.15) is 5.26 Å². The number of benzene rings is 1. The highest BCUT2D eigenvalue weighted by molar-refractivity contribution is 5.83. The predicted molar refractivity (Wildman–Crippen MR) is 68.6 cm³/mol. The van der Waals surface area contributed by atoms with E-state index >= 15 is 0 Å². The van der Waals surface area contributed by atoms with Crippen LogP contribution in [0.4, 0.5) is 0 Å². The van der Waals surface area contributed by atoms with Crippen LogP contribution in [0, 0.1) is 23.7 Å². The van der Waals surface area contributed by atoms with Crippen molar-refractivity contribution in [2.45, 2.75) is 32.7 Å². The van der Waals surface area contributed by atoms with Gasteiger partial charge in [0.1, 0.15) is 0 Å². The van der Waals surface area contributed by atoms with Crippen molar-refractivity contribution in [3.05, 3.63) is 36.0 Å². The molecule has 1 heterocycles. The van der Waals surface area contributed by atoms with Crippen LogP contribution in [0.25, 0.3) is 10.9 Å².